The lowest BCUT2D eigenvalue weighted by Crippen LogP contribution is -2.32. The minimum atomic E-state index is -0.371. The molecule has 2 aromatic carbocycles. The van der Waals surface area contributed by atoms with Crippen molar-refractivity contribution < 1.29 is 9.59 Å². The Morgan fingerprint density at radius 1 is 1.08 bits per heavy atom. The number of nitrogens with one attached hydrogen (secondary N) is 2. The van der Waals surface area contributed by atoms with Crippen LogP contribution in [0.3, 0.4) is 0 Å². The van der Waals surface area contributed by atoms with E-state index in [-0.39, 0.29) is 24.3 Å². The van der Waals surface area contributed by atoms with Crippen LogP contribution in [-0.2, 0) is 16.1 Å². The molecule has 0 aliphatic heterocycles. The van der Waals surface area contributed by atoms with Gasteiger partial charge < -0.3 is 10.6 Å². The maximum Gasteiger partial charge on any atom is 0.222 e. The minimum Gasteiger partial charge on any atom is -0.352 e. The van der Waals surface area contributed by atoms with Gasteiger partial charge in [-0.25, -0.2) is 0 Å². The van der Waals surface area contributed by atoms with Crippen molar-refractivity contribution in [3.63, 3.8) is 0 Å². The molecule has 126 valence electrons. The van der Waals surface area contributed by atoms with Crippen LogP contribution in [0.15, 0.2) is 48.5 Å². The summed E-state index contributed by atoms with van der Waals surface area (Å²) in [6.45, 7) is 1.73. The Balaban J connectivity index is 1.98. The zero-order valence-electron chi connectivity index (χ0n) is 13.2. The Morgan fingerprint density at radius 3 is 2.42 bits per heavy atom. The van der Waals surface area contributed by atoms with Crippen LogP contribution in [-0.4, -0.2) is 11.8 Å². The quantitative estimate of drug-likeness (QED) is 0.816. The van der Waals surface area contributed by atoms with Gasteiger partial charge in [0, 0.05) is 23.5 Å². The highest BCUT2D eigenvalue weighted by Crippen LogP contribution is 2.21. The first-order valence-electron chi connectivity index (χ1n) is 7.48. The molecule has 0 aliphatic rings. The maximum atomic E-state index is 12.2. The third kappa shape index (κ3) is 5.55. The van der Waals surface area contributed by atoms with Crippen LogP contribution in [0.25, 0.3) is 0 Å². The van der Waals surface area contributed by atoms with E-state index in [1.165, 1.54) is 6.92 Å². The Bertz CT molecular complexity index is 720. The van der Waals surface area contributed by atoms with Crippen molar-refractivity contribution in [1.82, 2.24) is 10.6 Å². The van der Waals surface area contributed by atoms with E-state index in [1.807, 2.05) is 30.3 Å². The van der Waals surface area contributed by atoms with E-state index in [4.69, 9.17) is 23.2 Å². The van der Waals surface area contributed by atoms with Gasteiger partial charge in [0.1, 0.15) is 0 Å². The monoisotopic (exact) mass is 364 g/mol. The summed E-state index contributed by atoms with van der Waals surface area (Å²) in [5.41, 5.74) is 1.66. The molecular weight excluding hydrogens is 347 g/mol. The molecule has 0 bridgehead atoms. The molecule has 0 aliphatic carbocycles. The first-order chi connectivity index (χ1) is 11.5. The van der Waals surface area contributed by atoms with Crippen LogP contribution in [0.1, 0.15) is 30.5 Å². The van der Waals surface area contributed by atoms with Gasteiger partial charge in [-0.2, -0.15) is 0 Å². The lowest BCUT2D eigenvalue weighted by Gasteiger charge is -2.18. The third-order valence-electron chi connectivity index (χ3n) is 3.46. The number of amides is 2. The summed E-state index contributed by atoms with van der Waals surface area (Å²) in [7, 11) is 0. The van der Waals surface area contributed by atoms with E-state index in [2.05, 4.69) is 10.6 Å². The van der Waals surface area contributed by atoms with Gasteiger partial charge in [0.25, 0.3) is 0 Å². The minimum absolute atomic E-state index is 0.148. The zero-order valence-corrected chi connectivity index (χ0v) is 14.7. The number of carbonyl (C=O) groups excluding carboxylic acids is 2. The van der Waals surface area contributed by atoms with Crippen molar-refractivity contribution in [3.8, 4) is 0 Å². The van der Waals surface area contributed by atoms with Gasteiger partial charge in [-0.1, -0.05) is 59.6 Å². The Kier molecular flexibility index (Phi) is 6.64. The SMILES string of the molecule is CC(=O)N[C@@H](CC(=O)NCc1ccc(Cl)cc1Cl)c1ccccc1. The molecule has 2 aromatic rings. The average Bonchev–Trinajstić information content (AvgIpc) is 2.54. The number of benzene rings is 2. The van der Waals surface area contributed by atoms with Crippen LogP contribution in [0, 0.1) is 0 Å². The molecule has 0 unspecified atom stereocenters. The summed E-state index contributed by atoms with van der Waals surface area (Å²) >= 11 is 11.9. The first kappa shape index (κ1) is 18.3. The standard InChI is InChI=1S/C18H18Cl2N2O2/c1-12(23)22-17(13-5-3-2-4-6-13)10-18(24)21-11-14-7-8-15(19)9-16(14)20/h2-9,17H,10-11H2,1H3,(H,21,24)(H,22,23)/t17-/m0/s1. The van der Waals surface area contributed by atoms with Crippen LogP contribution >= 0.6 is 23.2 Å². The number of hydrogen-bond acceptors (Lipinski definition) is 2. The number of carbonyl (C=O) groups is 2. The van der Waals surface area contributed by atoms with Gasteiger partial charge in [0.05, 0.1) is 12.5 Å². The van der Waals surface area contributed by atoms with Crippen molar-refractivity contribution >= 4 is 35.0 Å². The normalized spacial score (nSPS) is 11.6. The fraction of sp³-hybridized carbons (Fsp3) is 0.222. The molecule has 0 saturated carbocycles. The average molecular weight is 365 g/mol. The van der Waals surface area contributed by atoms with E-state index < -0.39 is 0 Å². The molecule has 0 spiro atoms. The predicted octanol–water partition coefficient (Wildman–Crippen LogP) is 3.88. The van der Waals surface area contributed by atoms with Gasteiger partial charge in [-0.05, 0) is 23.3 Å². The van der Waals surface area contributed by atoms with Crippen molar-refractivity contribution in [2.75, 3.05) is 0 Å². The molecule has 0 saturated heterocycles. The summed E-state index contributed by atoms with van der Waals surface area (Å²) < 4.78 is 0. The molecule has 0 fully saturated rings. The molecule has 0 aromatic heterocycles. The third-order valence-corrected chi connectivity index (χ3v) is 4.05. The van der Waals surface area contributed by atoms with E-state index in [0.717, 1.165) is 11.1 Å². The van der Waals surface area contributed by atoms with E-state index in [1.54, 1.807) is 18.2 Å². The second-order valence-electron chi connectivity index (χ2n) is 5.38. The van der Waals surface area contributed by atoms with Crippen molar-refractivity contribution in [2.24, 2.45) is 0 Å². The zero-order chi connectivity index (χ0) is 17.5. The molecule has 0 radical (unpaired) electrons. The number of hydrogen-bond donors (Lipinski definition) is 2. The van der Waals surface area contributed by atoms with E-state index in [9.17, 15) is 9.59 Å². The summed E-state index contributed by atoms with van der Waals surface area (Å²) in [6.07, 6.45) is 0.148. The van der Waals surface area contributed by atoms with Crippen molar-refractivity contribution in [3.05, 3.63) is 69.7 Å². The van der Waals surface area contributed by atoms with Gasteiger partial charge in [0.2, 0.25) is 11.8 Å². The fourth-order valence-electron chi connectivity index (χ4n) is 2.30. The highest BCUT2D eigenvalue weighted by atomic mass is 35.5. The van der Waals surface area contributed by atoms with Crippen molar-refractivity contribution in [1.29, 1.82) is 0 Å². The molecule has 2 amide bonds. The predicted molar refractivity (Wildman–Crippen MR) is 95.9 cm³/mol. The van der Waals surface area contributed by atoms with Gasteiger partial charge in [0.15, 0.2) is 0 Å². The second kappa shape index (κ2) is 8.71. The molecule has 2 N–H and O–H groups in total. The number of rotatable bonds is 6. The molecular formula is C18H18Cl2N2O2. The molecule has 2 rings (SSSR count). The lowest BCUT2D eigenvalue weighted by atomic mass is 10.0. The summed E-state index contributed by atoms with van der Waals surface area (Å²) in [5, 5.41) is 6.67. The topological polar surface area (TPSA) is 58.2 Å². The Hall–Kier alpha value is -2.04. The van der Waals surface area contributed by atoms with Crippen LogP contribution in [0.2, 0.25) is 10.0 Å². The maximum absolute atomic E-state index is 12.2. The Morgan fingerprint density at radius 2 is 1.79 bits per heavy atom. The van der Waals surface area contributed by atoms with E-state index in [0.29, 0.717) is 16.6 Å². The summed E-state index contributed by atoms with van der Waals surface area (Å²) in [4.78, 5) is 23.6. The van der Waals surface area contributed by atoms with Crippen LogP contribution in [0.5, 0.6) is 0 Å². The molecule has 0 heterocycles. The lowest BCUT2D eigenvalue weighted by molar-refractivity contribution is -0.122. The smallest absolute Gasteiger partial charge is 0.222 e. The molecule has 1 atom stereocenters. The molecule has 4 nitrogen and oxygen atoms in total. The fourth-order valence-corrected chi connectivity index (χ4v) is 2.77. The highest BCUT2D eigenvalue weighted by Gasteiger charge is 2.17. The summed E-state index contributed by atoms with van der Waals surface area (Å²) in [5.74, 6) is -0.360. The first-order valence-corrected chi connectivity index (χ1v) is 8.24. The largest absolute Gasteiger partial charge is 0.352 e. The number of halogens is 2. The molecule has 24 heavy (non-hydrogen) atoms. The second-order valence-corrected chi connectivity index (χ2v) is 6.22. The van der Waals surface area contributed by atoms with E-state index >= 15 is 0 Å². The highest BCUT2D eigenvalue weighted by molar-refractivity contribution is 6.35. The van der Waals surface area contributed by atoms with Crippen LogP contribution in [0.4, 0.5) is 0 Å². The van der Waals surface area contributed by atoms with Crippen molar-refractivity contribution in [2.45, 2.75) is 25.9 Å². The summed E-state index contributed by atoms with van der Waals surface area (Å²) in [6, 6.07) is 14.1. The molecule has 6 heteroatoms. The van der Waals surface area contributed by atoms with Crippen LogP contribution < -0.4 is 10.6 Å². The van der Waals surface area contributed by atoms with Gasteiger partial charge >= 0.3 is 0 Å². The van der Waals surface area contributed by atoms with Gasteiger partial charge in [-0.3, -0.25) is 9.59 Å². The Labute approximate surface area is 151 Å². The van der Waals surface area contributed by atoms with Gasteiger partial charge in [-0.15, -0.1) is 0 Å².